The summed E-state index contributed by atoms with van der Waals surface area (Å²) < 4.78 is 96.4. The molecule has 7 aromatic carbocycles. The van der Waals surface area contributed by atoms with Crippen LogP contribution in [-0.4, -0.2) is 6.71 Å². The van der Waals surface area contributed by atoms with Crippen LogP contribution in [0, 0.1) is 0 Å². The van der Waals surface area contributed by atoms with Crippen molar-refractivity contribution in [1.29, 1.82) is 0 Å². The van der Waals surface area contributed by atoms with Crippen molar-refractivity contribution in [3.63, 3.8) is 0 Å². The number of nitrogens with zero attached hydrogens (tertiary/aromatic N) is 3. The third-order valence-corrected chi connectivity index (χ3v) is 21.5. The van der Waals surface area contributed by atoms with Gasteiger partial charge in [0.15, 0.2) is 0 Å². The molecule has 0 N–H and O–H groups in total. The van der Waals surface area contributed by atoms with Crippen LogP contribution in [0.15, 0.2) is 133 Å². The van der Waals surface area contributed by atoms with E-state index in [9.17, 15) is 11.0 Å². The number of hydrogen-bond acceptors (Lipinski definition) is 4. The molecule has 3 heterocycles. The van der Waals surface area contributed by atoms with Crippen LogP contribution >= 0.6 is 11.3 Å². The van der Waals surface area contributed by atoms with Gasteiger partial charge in [-0.2, -0.15) is 0 Å². The largest absolute Gasteiger partial charge is 0.311 e. The lowest BCUT2D eigenvalue weighted by atomic mass is 9.35. The van der Waals surface area contributed by atoms with Crippen molar-refractivity contribution in [3.05, 3.63) is 178 Å². The minimum atomic E-state index is -0.614. The van der Waals surface area contributed by atoms with Crippen molar-refractivity contribution in [1.82, 2.24) is 0 Å². The summed E-state index contributed by atoms with van der Waals surface area (Å²) in [7, 11) is 0. The highest BCUT2D eigenvalue weighted by molar-refractivity contribution is 7.33. The van der Waals surface area contributed by atoms with Gasteiger partial charge in [0.25, 0.3) is 6.71 Å². The maximum Gasteiger partial charge on any atom is 0.264 e. The lowest BCUT2D eigenvalue weighted by molar-refractivity contribution is 0.332. The van der Waals surface area contributed by atoms with Gasteiger partial charge in [0, 0.05) is 54.7 Å². The van der Waals surface area contributed by atoms with Crippen LogP contribution < -0.4 is 30.4 Å². The van der Waals surface area contributed by atoms with E-state index in [4.69, 9.17) is 2.74 Å². The Morgan fingerprint density at radius 2 is 0.889 bits per heavy atom. The molecule has 0 spiro atoms. The molecular weight excluding hydrogens is 998 g/mol. The SMILES string of the molecule is [2H]c1c([2H])c([2H])c(N(c2cc3c4c(c2)N(c2ccc5c(c2)C(C)(C)CCC5(C)C)c2c(sc5cc6c(cc25)C(C)(C)CCC6(C)C)B4c2cc4c(cc2N3c2cc(C(C)(C)C)cc(C(C)(C)C)c2)C(C)(C)CCC4(C)C)c2c([2H])c([2H])c([2H])c([2H])c2[2H])c([2H])c1[2H]. The molecule has 2 aliphatic heterocycles. The first-order valence-corrected chi connectivity index (χ1v) is 30.7. The fourth-order valence-electron chi connectivity index (χ4n) is 14.7. The summed E-state index contributed by atoms with van der Waals surface area (Å²) in [6.07, 6.45) is 6.12. The van der Waals surface area contributed by atoms with E-state index in [1.165, 1.54) is 53.2 Å². The zero-order valence-electron chi connectivity index (χ0n) is 61.5. The zero-order valence-corrected chi connectivity index (χ0v) is 52.3. The van der Waals surface area contributed by atoms with E-state index in [0.717, 1.165) is 94.6 Å². The second-order valence-corrected chi connectivity index (χ2v) is 31.8. The number of hydrogen-bond donors (Lipinski definition) is 0. The molecule has 0 amide bonds. The molecule has 8 aromatic rings. The molecule has 3 aliphatic carbocycles. The topological polar surface area (TPSA) is 9.72 Å². The van der Waals surface area contributed by atoms with Crippen molar-refractivity contribution in [3.8, 4) is 0 Å². The molecule has 0 bridgehead atoms. The van der Waals surface area contributed by atoms with E-state index < -0.39 is 60.4 Å². The smallest absolute Gasteiger partial charge is 0.264 e. The molecule has 3 nitrogen and oxygen atoms in total. The Labute approximate surface area is 505 Å². The molecule has 13 rings (SSSR count). The highest BCUT2D eigenvalue weighted by Gasteiger charge is 2.50. The zero-order chi connectivity index (χ0) is 66.2. The monoisotopic (exact) mass is 1100 g/mol. The molecule has 416 valence electrons. The molecule has 5 heteroatoms. The Morgan fingerprint density at radius 1 is 0.444 bits per heavy atom. The maximum atomic E-state index is 9.83. The van der Waals surface area contributed by atoms with E-state index in [1.807, 2.05) is 23.5 Å². The maximum absolute atomic E-state index is 9.83. The van der Waals surface area contributed by atoms with Gasteiger partial charge in [-0.15, -0.1) is 11.3 Å². The first kappa shape index (κ1) is 43.6. The number of fused-ring (bicyclic) bond motifs is 9. The second kappa shape index (κ2) is 17.7. The van der Waals surface area contributed by atoms with Crippen molar-refractivity contribution in [2.24, 2.45) is 0 Å². The number of rotatable bonds is 5. The molecule has 0 saturated heterocycles. The number of benzene rings is 7. The minimum absolute atomic E-state index is 0.0791. The molecular formula is C76H88BN3S. The van der Waals surface area contributed by atoms with Gasteiger partial charge in [-0.3, -0.25) is 0 Å². The van der Waals surface area contributed by atoms with Gasteiger partial charge in [-0.05, 0) is 216 Å². The first-order chi connectivity index (χ1) is 42.0. The van der Waals surface area contributed by atoms with Crippen LogP contribution in [-0.2, 0) is 43.3 Å². The third kappa shape index (κ3) is 8.53. The van der Waals surface area contributed by atoms with Gasteiger partial charge in [0.2, 0.25) is 0 Å². The summed E-state index contributed by atoms with van der Waals surface area (Å²) in [5.41, 5.74) is 15.9. The van der Waals surface area contributed by atoms with E-state index in [1.54, 1.807) is 0 Å². The van der Waals surface area contributed by atoms with Crippen molar-refractivity contribution >= 4 is 95.0 Å². The highest BCUT2D eigenvalue weighted by atomic mass is 32.1. The molecule has 0 fully saturated rings. The van der Waals surface area contributed by atoms with Crippen LogP contribution in [0.5, 0.6) is 0 Å². The van der Waals surface area contributed by atoms with Gasteiger partial charge >= 0.3 is 0 Å². The van der Waals surface area contributed by atoms with Crippen LogP contribution in [0.4, 0.5) is 51.2 Å². The fourth-order valence-corrected chi connectivity index (χ4v) is 16.0. The second-order valence-electron chi connectivity index (χ2n) is 30.8. The van der Waals surface area contributed by atoms with Crippen molar-refractivity contribution in [2.45, 2.75) is 206 Å². The van der Waals surface area contributed by atoms with Crippen LogP contribution in [0.1, 0.15) is 221 Å². The van der Waals surface area contributed by atoms with E-state index in [-0.39, 0.29) is 67.1 Å². The third-order valence-electron chi connectivity index (χ3n) is 20.3. The quantitative estimate of drug-likeness (QED) is 0.159. The number of para-hydroxylation sites is 2. The highest BCUT2D eigenvalue weighted by Crippen LogP contribution is 2.57. The predicted molar refractivity (Wildman–Crippen MR) is 354 cm³/mol. The Balaban J connectivity index is 1.29. The van der Waals surface area contributed by atoms with Gasteiger partial charge in [-0.1, -0.05) is 179 Å². The van der Waals surface area contributed by atoms with Crippen LogP contribution in [0.25, 0.3) is 10.1 Å². The summed E-state index contributed by atoms with van der Waals surface area (Å²) in [6, 6.07) is 22.1. The Hall–Kier alpha value is -6.04. The Kier molecular flexibility index (Phi) is 9.56. The average molecular weight is 1100 g/mol. The Bertz CT molecular complexity index is 4340. The van der Waals surface area contributed by atoms with Crippen molar-refractivity contribution in [2.75, 3.05) is 14.7 Å². The number of anilines is 9. The Morgan fingerprint density at radius 3 is 1.40 bits per heavy atom. The first-order valence-electron chi connectivity index (χ1n) is 34.8. The van der Waals surface area contributed by atoms with Gasteiger partial charge in [-0.25, -0.2) is 0 Å². The lowest BCUT2D eigenvalue weighted by Crippen LogP contribution is -2.61. The molecule has 0 saturated carbocycles. The van der Waals surface area contributed by atoms with Crippen molar-refractivity contribution < 1.29 is 13.7 Å². The summed E-state index contributed by atoms with van der Waals surface area (Å²) in [6.45, 7) is 41.6. The van der Waals surface area contributed by atoms with E-state index in [2.05, 4.69) is 195 Å². The predicted octanol–water partition coefficient (Wildman–Crippen LogP) is 20.1. The number of thiophene rings is 1. The molecule has 0 unspecified atom stereocenters. The van der Waals surface area contributed by atoms with Gasteiger partial charge < -0.3 is 14.7 Å². The van der Waals surface area contributed by atoms with Gasteiger partial charge in [0.05, 0.1) is 25.1 Å². The van der Waals surface area contributed by atoms with Crippen LogP contribution in [0.3, 0.4) is 0 Å². The average Bonchev–Trinajstić information content (AvgIpc) is 1.67. The lowest BCUT2D eigenvalue weighted by Gasteiger charge is -2.48. The van der Waals surface area contributed by atoms with E-state index >= 15 is 0 Å². The summed E-state index contributed by atoms with van der Waals surface area (Å²) in [5.74, 6) is 0. The standard InChI is InChI=1S/C76H88BN3S/c1-69(2,3)47-37-48(70(4,5)6)39-52(38-47)79-62-45-59-58(74(13,14)34-35-75(59,15)16)44-61(62)77-66-63(79)41-53(78(49-25-21-19-22-26-49)50-27-23-20-24-28-50)42-64(66)80(51-29-30-55-56(40-51)72(9,10)32-31-71(55,7)8)67-54-43-57-60(46-65(54)81-68(67)77)76(17,18)36-33-73(57,11)12/h19-30,37-46H,31-36H2,1-18H3/i19D,20D,21D,22D,23D,24D,25D,26D,27D,28D. The summed E-state index contributed by atoms with van der Waals surface area (Å²) >= 11 is 1.88. The van der Waals surface area contributed by atoms with E-state index in [0.29, 0.717) is 0 Å². The molecule has 0 radical (unpaired) electrons. The summed E-state index contributed by atoms with van der Waals surface area (Å²) in [5, 5.41) is 1.13. The minimum Gasteiger partial charge on any atom is -0.311 e. The van der Waals surface area contributed by atoms with Gasteiger partial charge in [0.1, 0.15) is 0 Å². The normalized spacial score (nSPS) is 21.2. The molecule has 5 aliphatic rings. The summed E-state index contributed by atoms with van der Waals surface area (Å²) in [4.78, 5) is 6.24. The fraction of sp³-hybridized carbons (Fsp3) is 0.421. The molecule has 1 aromatic heterocycles. The van der Waals surface area contributed by atoms with Crippen LogP contribution in [0.2, 0.25) is 0 Å². The molecule has 81 heavy (non-hydrogen) atoms. The molecule has 0 atom stereocenters.